The molecular formula is C18H22N4O3S. The molecule has 0 saturated carbocycles. The highest BCUT2D eigenvalue weighted by atomic mass is 32.2. The zero-order chi connectivity index (χ0) is 18.5. The van der Waals surface area contributed by atoms with Crippen LogP contribution in [0.4, 0.5) is 0 Å². The summed E-state index contributed by atoms with van der Waals surface area (Å²) in [6.07, 6.45) is 0.918. The first-order valence-electron chi connectivity index (χ1n) is 8.58. The van der Waals surface area contributed by atoms with E-state index >= 15 is 0 Å². The molecular weight excluding hydrogens is 352 g/mol. The van der Waals surface area contributed by atoms with Crippen LogP contribution in [0.3, 0.4) is 0 Å². The van der Waals surface area contributed by atoms with Gasteiger partial charge in [-0.3, -0.25) is 9.36 Å². The summed E-state index contributed by atoms with van der Waals surface area (Å²) >= 11 is 1.42. The number of para-hydroxylation sites is 1. The van der Waals surface area contributed by atoms with Gasteiger partial charge < -0.3 is 9.26 Å². The van der Waals surface area contributed by atoms with Crippen molar-refractivity contribution in [3.8, 4) is 0 Å². The third-order valence-corrected chi connectivity index (χ3v) is 4.66. The maximum absolute atomic E-state index is 12.9. The monoisotopic (exact) mass is 374 g/mol. The van der Waals surface area contributed by atoms with Crippen LogP contribution in [0.25, 0.3) is 10.9 Å². The number of aryl methyl sites for hydroxylation is 1. The van der Waals surface area contributed by atoms with Crippen LogP contribution >= 0.6 is 11.8 Å². The van der Waals surface area contributed by atoms with Crippen molar-refractivity contribution in [2.45, 2.75) is 50.8 Å². The van der Waals surface area contributed by atoms with Crippen LogP contribution in [-0.2, 0) is 17.0 Å². The Hall–Kier alpha value is -2.19. The van der Waals surface area contributed by atoms with E-state index in [4.69, 9.17) is 9.26 Å². The minimum absolute atomic E-state index is 0.0376. The normalized spacial score (nSPS) is 11.5. The quantitative estimate of drug-likeness (QED) is 0.340. The number of benzene rings is 1. The average molecular weight is 374 g/mol. The number of nitrogens with zero attached hydrogens (tertiary/aromatic N) is 4. The van der Waals surface area contributed by atoms with Crippen molar-refractivity contribution >= 4 is 22.7 Å². The second-order valence-electron chi connectivity index (χ2n) is 6.17. The summed E-state index contributed by atoms with van der Waals surface area (Å²) in [5.74, 6) is 1.58. The van der Waals surface area contributed by atoms with Crippen molar-refractivity contribution in [2.24, 2.45) is 0 Å². The highest BCUT2D eigenvalue weighted by Gasteiger charge is 2.13. The molecule has 0 radical (unpaired) electrons. The molecule has 0 spiro atoms. The van der Waals surface area contributed by atoms with Gasteiger partial charge in [0.15, 0.2) is 11.0 Å². The number of thioether (sulfide) groups is 1. The summed E-state index contributed by atoms with van der Waals surface area (Å²) in [6, 6.07) is 7.39. The molecule has 0 N–H and O–H groups in total. The van der Waals surface area contributed by atoms with Crippen LogP contribution in [0.5, 0.6) is 0 Å². The smallest absolute Gasteiger partial charge is 0.262 e. The summed E-state index contributed by atoms with van der Waals surface area (Å²) in [7, 11) is 0. The Bertz CT molecular complexity index is 936. The van der Waals surface area contributed by atoms with Crippen LogP contribution in [-0.4, -0.2) is 32.4 Å². The Morgan fingerprint density at radius 2 is 2.08 bits per heavy atom. The van der Waals surface area contributed by atoms with Gasteiger partial charge in [0.05, 0.1) is 22.8 Å². The maximum Gasteiger partial charge on any atom is 0.262 e. The standard InChI is InChI=1S/C18H22N4O3S/c1-12(2)24-10-6-9-22-17(23)14-7-4-5-8-15(14)20-18(22)26-11-16-19-13(3)21-25-16/h4-5,7-8,12H,6,9-11H2,1-3H3. The molecule has 8 heteroatoms. The fourth-order valence-electron chi connectivity index (χ4n) is 2.52. The highest BCUT2D eigenvalue weighted by molar-refractivity contribution is 7.98. The van der Waals surface area contributed by atoms with Crippen molar-refractivity contribution in [1.29, 1.82) is 0 Å². The first kappa shape index (κ1) is 18.6. The molecule has 3 rings (SSSR count). The van der Waals surface area contributed by atoms with Crippen molar-refractivity contribution in [3.63, 3.8) is 0 Å². The Balaban J connectivity index is 1.85. The lowest BCUT2D eigenvalue weighted by Crippen LogP contribution is -2.24. The molecule has 2 heterocycles. The molecule has 7 nitrogen and oxygen atoms in total. The Kier molecular flexibility index (Phi) is 6.05. The largest absolute Gasteiger partial charge is 0.379 e. The van der Waals surface area contributed by atoms with E-state index in [-0.39, 0.29) is 11.7 Å². The number of hydrogen-bond acceptors (Lipinski definition) is 7. The first-order chi connectivity index (χ1) is 12.5. The van der Waals surface area contributed by atoms with Crippen molar-refractivity contribution < 1.29 is 9.26 Å². The number of fused-ring (bicyclic) bond motifs is 1. The lowest BCUT2D eigenvalue weighted by molar-refractivity contribution is 0.0743. The predicted octanol–water partition coefficient (Wildman–Crippen LogP) is 3.20. The fraction of sp³-hybridized carbons (Fsp3) is 0.444. The van der Waals surface area contributed by atoms with Crippen molar-refractivity contribution in [3.05, 3.63) is 46.3 Å². The molecule has 0 unspecified atom stereocenters. The van der Waals surface area contributed by atoms with E-state index in [1.54, 1.807) is 11.5 Å². The fourth-order valence-corrected chi connectivity index (χ4v) is 3.38. The Morgan fingerprint density at radius 1 is 1.27 bits per heavy atom. The first-order valence-corrected chi connectivity index (χ1v) is 9.56. The van der Waals surface area contributed by atoms with E-state index in [2.05, 4.69) is 15.1 Å². The molecule has 0 bridgehead atoms. The van der Waals surface area contributed by atoms with Crippen LogP contribution in [0.2, 0.25) is 0 Å². The van der Waals surface area contributed by atoms with E-state index in [0.29, 0.717) is 46.7 Å². The Morgan fingerprint density at radius 3 is 2.81 bits per heavy atom. The Labute approximate surface area is 155 Å². The van der Waals surface area contributed by atoms with E-state index < -0.39 is 0 Å². The van der Waals surface area contributed by atoms with Gasteiger partial charge in [-0.1, -0.05) is 29.1 Å². The molecule has 3 aromatic rings. The molecule has 0 fully saturated rings. The third kappa shape index (κ3) is 4.50. The van der Waals surface area contributed by atoms with E-state index in [0.717, 1.165) is 6.42 Å². The lowest BCUT2D eigenvalue weighted by atomic mass is 10.2. The van der Waals surface area contributed by atoms with Crippen molar-refractivity contribution in [1.82, 2.24) is 19.7 Å². The second-order valence-corrected chi connectivity index (χ2v) is 7.11. The van der Waals surface area contributed by atoms with Gasteiger partial charge in [-0.2, -0.15) is 4.98 Å². The molecule has 0 aliphatic heterocycles. The summed E-state index contributed by atoms with van der Waals surface area (Å²) in [5.41, 5.74) is 0.653. The van der Waals surface area contributed by atoms with Gasteiger partial charge in [0.25, 0.3) is 5.56 Å². The van der Waals surface area contributed by atoms with Gasteiger partial charge in [-0.05, 0) is 39.3 Å². The zero-order valence-corrected chi connectivity index (χ0v) is 16.0. The number of ether oxygens (including phenoxy) is 1. The minimum atomic E-state index is -0.0376. The van der Waals surface area contributed by atoms with Gasteiger partial charge in [0.2, 0.25) is 5.89 Å². The average Bonchev–Trinajstić information content (AvgIpc) is 3.04. The van der Waals surface area contributed by atoms with Crippen LogP contribution < -0.4 is 5.56 Å². The molecule has 0 atom stereocenters. The number of aromatic nitrogens is 4. The van der Waals surface area contributed by atoms with Gasteiger partial charge in [-0.15, -0.1) is 0 Å². The summed E-state index contributed by atoms with van der Waals surface area (Å²) < 4.78 is 12.4. The minimum Gasteiger partial charge on any atom is -0.379 e. The third-order valence-electron chi connectivity index (χ3n) is 3.70. The molecule has 0 amide bonds. The van der Waals surface area contributed by atoms with Crippen LogP contribution in [0.15, 0.2) is 38.7 Å². The SMILES string of the molecule is Cc1noc(CSc2nc3ccccc3c(=O)n2CCCOC(C)C)n1. The molecule has 1 aromatic carbocycles. The predicted molar refractivity (Wildman–Crippen MR) is 100 cm³/mol. The number of rotatable bonds is 8. The number of hydrogen-bond donors (Lipinski definition) is 0. The summed E-state index contributed by atoms with van der Waals surface area (Å²) in [5, 5.41) is 5.06. The molecule has 26 heavy (non-hydrogen) atoms. The lowest BCUT2D eigenvalue weighted by Gasteiger charge is -2.13. The van der Waals surface area contributed by atoms with Crippen molar-refractivity contribution in [2.75, 3.05) is 6.61 Å². The maximum atomic E-state index is 12.9. The molecule has 138 valence electrons. The molecule has 0 aliphatic carbocycles. The van der Waals surface area contributed by atoms with Gasteiger partial charge in [-0.25, -0.2) is 4.98 Å². The molecule has 2 aromatic heterocycles. The van der Waals surface area contributed by atoms with Gasteiger partial charge in [0, 0.05) is 13.2 Å². The second kappa shape index (κ2) is 8.46. The van der Waals surface area contributed by atoms with Gasteiger partial charge in [0.1, 0.15) is 0 Å². The summed E-state index contributed by atoms with van der Waals surface area (Å²) in [6.45, 7) is 6.92. The summed E-state index contributed by atoms with van der Waals surface area (Å²) in [4.78, 5) is 21.8. The van der Waals surface area contributed by atoms with E-state index in [1.807, 2.05) is 38.1 Å². The van der Waals surface area contributed by atoms with E-state index in [1.165, 1.54) is 11.8 Å². The topological polar surface area (TPSA) is 83.0 Å². The molecule has 0 aliphatic rings. The van der Waals surface area contributed by atoms with Crippen LogP contribution in [0, 0.1) is 6.92 Å². The van der Waals surface area contributed by atoms with Crippen LogP contribution in [0.1, 0.15) is 32.0 Å². The molecule has 0 saturated heterocycles. The zero-order valence-electron chi connectivity index (χ0n) is 15.1. The van der Waals surface area contributed by atoms with E-state index in [9.17, 15) is 4.79 Å². The van der Waals surface area contributed by atoms with Gasteiger partial charge >= 0.3 is 0 Å². The highest BCUT2D eigenvalue weighted by Crippen LogP contribution is 2.21.